The van der Waals surface area contributed by atoms with Gasteiger partial charge in [-0.3, -0.25) is 9.59 Å². The van der Waals surface area contributed by atoms with Crippen LogP contribution in [0.3, 0.4) is 0 Å². The van der Waals surface area contributed by atoms with E-state index in [0.29, 0.717) is 0 Å². The van der Waals surface area contributed by atoms with Gasteiger partial charge in [0.25, 0.3) is 5.91 Å². The van der Waals surface area contributed by atoms with Gasteiger partial charge in [0.2, 0.25) is 10.0 Å². The van der Waals surface area contributed by atoms with Crippen molar-refractivity contribution in [2.75, 3.05) is 6.54 Å². The second-order valence-electron chi connectivity index (χ2n) is 6.31. The first-order valence-electron chi connectivity index (χ1n) is 8.26. The largest absolute Gasteiger partial charge is 0.453 e. The zero-order valence-corrected chi connectivity index (χ0v) is 15.5. The molecule has 1 aliphatic carbocycles. The molecule has 1 saturated carbocycles. The number of esters is 1. The van der Waals surface area contributed by atoms with Crippen molar-refractivity contribution in [2.24, 2.45) is 0 Å². The lowest BCUT2D eigenvalue weighted by Gasteiger charge is -2.13. The maximum Gasteiger partial charge on any atom is 0.307 e. The van der Waals surface area contributed by atoms with Crippen LogP contribution in [-0.2, 0) is 24.3 Å². The van der Waals surface area contributed by atoms with Gasteiger partial charge >= 0.3 is 5.97 Å². The van der Waals surface area contributed by atoms with Crippen LogP contribution in [0.2, 0.25) is 0 Å². The van der Waals surface area contributed by atoms with Crippen molar-refractivity contribution in [1.29, 1.82) is 0 Å². The fourth-order valence-corrected chi connectivity index (χ4v) is 3.22. The molecule has 8 heteroatoms. The Morgan fingerprint density at radius 2 is 1.92 bits per heavy atom. The van der Waals surface area contributed by atoms with Crippen LogP contribution >= 0.6 is 0 Å². The standard InChI is InChI=1S/C17H24N2O5S/c1-11-4-7-15(10-12(11)2)25(22,23)18-9-8-16(20)24-13(3)17(21)19-14-5-6-14/h4,7,10,13-14,18H,5-6,8-9H2,1-3H3,(H,19,21)/t13-/m0/s1. The molecular formula is C17H24N2O5S. The number of hydrogen-bond donors (Lipinski definition) is 2. The van der Waals surface area contributed by atoms with Crippen molar-refractivity contribution >= 4 is 21.9 Å². The van der Waals surface area contributed by atoms with E-state index in [1.807, 2.05) is 13.8 Å². The average molecular weight is 368 g/mol. The van der Waals surface area contributed by atoms with E-state index >= 15 is 0 Å². The number of amides is 1. The molecule has 0 aliphatic heterocycles. The van der Waals surface area contributed by atoms with Gasteiger partial charge < -0.3 is 10.1 Å². The van der Waals surface area contributed by atoms with Gasteiger partial charge in [0.1, 0.15) is 0 Å². The number of aryl methyl sites for hydroxylation is 2. The first-order valence-corrected chi connectivity index (χ1v) is 9.74. The quantitative estimate of drug-likeness (QED) is 0.671. The fourth-order valence-electron chi connectivity index (χ4n) is 2.11. The molecule has 25 heavy (non-hydrogen) atoms. The van der Waals surface area contributed by atoms with Crippen LogP contribution in [0.4, 0.5) is 0 Å². The second kappa shape index (κ2) is 7.97. The average Bonchev–Trinajstić information content (AvgIpc) is 3.33. The normalized spacial score (nSPS) is 15.5. The van der Waals surface area contributed by atoms with Gasteiger partial charge in [0.15, 0.2) is 6.10 Å². The van der Waals surface area contributed by atoms with Gasteiger partial charge in [-0.1, -0.05) is 6.07 Å². The summed E-state index contributed by atoms with van der Waals surface area (Å²) in [6.45, 7) is 5.13. The Morgan fingerprint density at radius 1 is 1.24 bits per heavy atom. The van der Waals surface area contributed by atoms with Crippen molar-refractivity contribution in [3.8, 4) is 0 Å². The molecule has 0 aromatic heterocycles. The van der Waals surface area contributed by atoms with Crippen LogP contribution in [0, 0.1) is 13.8 Å². The number of benzene rings is 1. The zero-order valence-electron chi connectivity index (χ0n) is 14.7. The highest BCUT2D eigenvalue weighted by Crippen LogP contribution is 2.19. The van der Waals surface area contributed by atoms with Gasteiger partial charge in [-0.05, 0) is 56.9 Å². The number of nitrogens with one attached hydrogen (secondary N) is 2. The van der Waals surface area contributed by atoms with E-state index in [1.165, 1.54) is 13.0 Å². The molecule has 0 saturated heterocycles. The minimum absolute atomic E-state index is 0.0922. The Kier molecular flexibility index (Phi) is 6.18. The summed E-state index contributed by atoms with van der Waals surface area (Å²) in [7, 11) is -3.68. The summed E-state index contributed by atoms with van der Waals surface area (Å²) in [5.41, 5.74) is 1.87. The van der Waals surface area contributed by atoms with Gasteiger partial charge in [0.05, 0.1) is 11.3 Å². The molecule has 1 atom stereocenters. The van der Waals surface area contributed by atoms with Crippen molar-refractivity contribution < 1.29 is 22.7 Å². The van der Waals surface area contributed by atoms with E-state index in [9.17, 15) is 18.0 Å². The molecule has 0 spiro atoms. The number of rotatable bonds is 8. The molecule has 0 unspecified atom stereocenters. The van der Waals surface area contributed by atoms with E-state index in [0.717, 1.165) is 24.0 Å². The maximum atomic E-state index is 12.2. The van der Waals surface area contributed by atoms with Crippen LogP contribution in [0.25, 0.3) is 0 Å². The molecule has 7 nitrogen and oxygen atoms in total. The monoisotopic (exact) mass is 368 g/mol. The Balaban J connectivity index is 1.79. The van der Waals surface area contributed by atoms with Gasteiger partial charge in [-0.15, -0.1) is 0 Å². The number of hydrogen-bond acceptors (Lipinski definition) is 5. The molecule has 1 fully saturated rings. The summed E-state index contributed by atoms with van der Waals surface area (Å²) in [5, 5.41) is 2.74. The smallest absolute Gasteiger partial charge is 0.307 e. The Hall–Kier alpha value is -1.93. The predicted molar refractivity (Wildman–Crippen MR) is 92.4 cm³/mol. The van der Waals surface area contributed by atoms with E-state index in [4.69, 9.17) is 4.74 Å². The highest BCUT2D eigenvalue weighted by Gasteiger charge is 2.27. The maximum absolute atomic E-state index is 12.2. The first kappa shape index (κ1) is 19.4. The second-order valence-corrected chi connectivity index (χ2v) is 8.08. The van der Waals surface area contributed by atoms with Crippen LogP contribution in [-0.4, -0.2) is 39.0 Å². The molecule has 1 aliphatic rings. The molecular weight excluding hydrogens is 344 g/mol. The summed E-state index contributed by atoms with van der Waals surface area (Å²) in [4.78, 5) is 23.6. The lowest BCUT2D eigenvalue weighted by molar-refractivity contribution is -0.154. The molecule has 1 amide bonds. The van der Waals surface area contributed by atoms with E-state index < -0.39 is 22.1 Å². The van der Waals surface area contributed by atoms with E-state index in [2.05, 4.69) is 10.0 Å². The van der Waals surface area contributed by atoms with E-state index in [1.54, 1.807) is 12.1 Å². The highest BCUT2D eigenvalue weighted by atomic mass is 32.2. The van der Waals surface area contributed by atoms with Crippen molar-refractivity contribution in [3.63, 3.8) is 0 Å². The number of sulfonamides is 1. The number of ether oxygens (including phenoxy) is 1. The summed E-state index contributed by atoms with van der Waals surface area (Å²) >= 11 is 0. The first-order chi connectivity index (χ1) is 11.7. The van der Waals surface area contributed by atoms with Crippen LogP contribution in [0.5, 0.6) is 0 Å². The molecule has 2 N–H and O–H groups in total. The third-order valence-corrected chi connectivity index (χ3v) is 5.47. The summed E-state index contributed by atoms with van der Waals surface area (Å²) < 4.78 is 31.8. The van der Waals surface area contributed by atoms with Gasteiger partial charge in [-0.25, -0.2) is 13.1 Å². The molecule has 0 heterocycles. The van der Waals surface area contributed by atoms with Crippen molar-refractivity contribution in [1.82, 2.24) is 10.0 Å². The molecule has 1 aromatic rings. The fraction of sp³-hybridized carbons (Fsp3) is 0.529. The van der Waals surface area contributed by atoms with Crippen molar-refractivity contribution in [2.45, 2.75) is 57.1 Å². The third-order valence-electron chi connectivity index (χ3n) is 4.01. The third kappa shape index (κ3) is 5.82. The predicted octanol–water partition coefficient (Wildman–Crippen LogP) is 1.18. The van der Waals surface area contributed by atoms with Gasteiger partial charge in [0, 0.05) is 12.6 Å². The summed E-state index contributed by atoms with van der Waals surface area (Å²) in [6.07, 6.45) is 0.870. The highest BCUT2D eigenvalue weighted by molar-refractivity contribution is 7.89. The molecule has 0 radical (unpaired) electrons. The van der Waals surface area contributed by atoms with Crippen molar-refractivity contribution in [3.05, 3.63) is 29.3 Å². The summed E-state index contributed by atoms with van der Waals surface area (Å²) in [5.74, 6) is -0.951. The van der Waals surface area contributed by atoms with Crippen LogP contribution in [0.1, 0.15) is 37.3 Å². The number of carbonyl (C=O) groups excluding carboxylic acids is 2. The minimum Gasteiger partial charge on any atom is -0.453 e. The zero-order chi connectivity index (χ0) is 18.6. The van der Waals surface area contributed by atoms with Crippen LogP contribution in [0.15, 0.2) is 23.1 Å². The lowest BCUT2D eigenvalue weighted by Crippen LogP contribution is -2.37. The molecule has 2 rings (SSSR count). The van der Waals surface area contributed by atoms with Crippen LogP contribution < -0.4 is 10.0 Å². The van der Waals surface area contributed by atoms with Gasteiger partial charge in [-0.2, -0.15) is 0 Å². The topological polar surface area (TPSA) is 102 Å². The lowest BCUT2D eigenvalue weighted by atomic mass is 10.1. The Labute approximate surface area is 148 Å². The van der Waals surface area contributed by atoms with E-state index in [-0.39, 0.29) is 29.8 Å². The molecule has 138 valence electrons. The number of carbonyl (C=O) groups is 2. The molecule has 0 bridgehead atoms. The SMILES string of the molecule is Cc1ccc(S(=O)(=O)NCCC(=O)O[C@@H](C)C(=O)NC2CC2)cc1C. The Bertz CT molecular complexity index is 756. The Morgan fingerprint density at radius 3 is 2.52 bits per heavy atom. The minimum atomic E-state index is -3.68. The summed E-state index contributed by atoms with van der Waals surface area (Å²) in [6, 6.07) is 5.03. The molecule has 1 aromatic carbocycles.